The van der Waals surface area contributed by atoms with E-state index in [1.807, 2.05) is 37.3 Å². The van der Waals surface area contributed by atoms with E-state index in [1.165, 1.54) is 23.0 Å². The van der Waals surface area contributed by atoms with Crippen molar-refractivity contribution in [2.75, 3.05) is 23.7 Å². The van der Waals surface area contributed by atoms with Crippen LogP contribution in [0.4, 0.5) is 5.69 Å². The maximum Gasteiger partial charge on any atom is 0.277 e. The van der Waals surface area contributed by atoms with Gasteiger partial charge in [0.15, 0.2) is 0 Å². The Morgan fingerprint density at radius 1 is 1.06 bits per heavy atom. The first-order chi connectivity index (χ1) is 15.1. The van der Waals surface area contributed by atoms with E-state index in [2.05, 4.69) is 58.5 Å². The minimum atomic E-state index is -0.0334. The molecule has 3 rings (SSSR count). The van der Waals surface area contributed by atoms with Crippen LogP contribution in [0.1, 0.15) is 32.8 Å². The lowest BCUT2D eigenvalue weighted by atomic mass is 10.1. The zero-order chi connectivity index (χ0) is 22.1. The molecule has 1 N–H and O–H groups in total. The van der Waals surface area contributed by atoms with Crippen LogP contribution < -0.4 is 10.2 Å². The number of benzene rings is 2. The summed E-state index contributed by atoms with van der Waals surface area (Å²) in [5, 5.41) is 11.6. The third kappa shape index (κ3) is 6.85. The number of carbonyl (C=O) groups is 1. The number of hydrogen-bond acceptors (Lipinski definition) is 6. The Labute approximate surface area is 188 Å². The lowest BCUT2D eigenvalue weighted by Gasteiger charge is -2.20. The quantitative estimate of drug-likeness (QED) is 0.433. The maximum absolute atomic E-state index is 12.2. The molecular weight excluding hydrogens is 408 g/mol. The third-order valence-corrected chi connectivity index (χ3v) is 5.91. The van der Waals surface area contributed by atoms with E-state index < -0.39 is 0 Å². The van der Waals surface area contributed by atoms with Crippen molar-refractivity contribution in [2.45, 2.75) is 44.9 Å². The van der Waals surface area contributed by atoms with Crippen molar-refractivity contribution in [3.05, 3.63) is 60.2 Å². The predicted octanol–water partition coefficient (Wildman–Crippen LogP) is 4.81. The second-order valence-electron chi connectivity index (χ2n) is 7.37. The van der Waals surface area contributed by atoms with Gasteiger partial charge in [0.05, 0.1) is 5.75 Å². The van der Waals surface area contributed by atoms with Crippen molar-refractivity contribution >= 4 is 23.4 Å². The SMILES string of the molecule is CCN(CC)c1ccc(-c2nnc(SCC(=O)NC(C)CCc3ccccc3)o2)cc1. The van der Waals surface area contributed by atoms with E-state index in [-0.39, 0.29) is 17.7 Å². The van der Waals surface area contributed by atoms with Crippen LogP contribution in [0.3, 0.4) is 0 Å². The van der Waals surface area contributed by atoms with Gasteiger partial charge in [0.1, 0.15) is 0 Å². The molecule has 6 nitrogen and oxygen atoms in total. The Morgan fingerprint density at radius 3 is 2.45 bits per heavy atom. The number of rotatable bonds is 11. The number of anilines is 1. The predicted molar refractivity (Wildman–Crippen MR) is 126 cm³/mol. The fourth-order valence-electron chi connectivity index (χ4n) is 3.33. The minimum absolute atomic E-state index is 0.0334. The van der Waals surface area contributed by atoms with Gasteiger partial charge in [-0.15, -0.1) is 10.2 Å². The molecule has 0 fully saturated rings. The van der Waals surface area contributed by atoms with E-state index in [9.17, 15) is 4.79 Å². The molecule has 1 aromatic heterocycles. The Bertz CT molecular complexity index is 940. The van der Waals surface area contributed by atoms with Crippen molar-refractivity contribution in [2.24, 2.45) is 0 Å². The van der Waals surface area contributed by atoms with Crippen molar-refractivity contribution in [1.29, 1.82) is 0 Å². The lowest BCUT2D eigenvalue weighted by molar-refractivity contribution is -0.119. The average molecular weight is 439 g/mol. The smallest absolute Gasteiger partial charge is 0.277 e. The number of aromatic nitrogens is 2. The molecule has 0 saturated heterocycles. The van der Waals surface area contributed by atoms with Crippen LogP contribution in [0.2, 0.25) is 0 Å². The van der Waals surface area contributed by atoms with Gasteiger partial charge in [0.2, 0.25) is 11.8 Å². The Kier molecular flexibility index (Phi) is 8.53. The van der Waals surface area contributed by atoms with Crippen LogP contribution in [-0.4, -0.2) is 41.0 Å². The van der Waals surface area contributed by atoms with Crippen LogP contribution in [0.25, 0.3) is 11.5 Å². The molecule has 1 unspecified atom stereocenters. The number of nitrogens with one attached hydrogen (secondary N) is 1. The van der Waals surface area contributed by atoms with Crippen molar-refractivity contribution < 1.29 is 9.21 Å². The standard InChI is InChI=1S/C24H30N4O2S/c1-4-28(5-2)21-15-13-20(14-16-21)23-26-27-24(30-23)31-17-22(29)25-18(3)11-12-19-9-7-6-8-10-19/h6-10,13-16,18H,4-5,11-12,17H2,1-3H3,(H,25,29). The Morgan fingerprint density at radius 2 is 1.77 bits per heavy atom. The van der Waals surface area contributed by atoms with E-state index in [1.54, 1.807) is 0 Å². The maximum atomic E-state index is 12.2. The normalized spacial score (nSPS) is 11.8. The van der Waals surface area contributed by atoms with Gasteiger partial charge < -0.3 is 14.6 Å². The molecule has 0 spiro atoms. The summed E-state index contributed by atoms with van der Waals surface area (Å²) in [5.74, 6) is 0.678. The van der Waals surface area contributed by atoms with Crippen LogP contribution >= 0.6 is 11.8 Å². The summed E-state index contributed by atoms with van der Waals surface area (Å²) in [5.41, 5.74) is 3.32. The first kappa shape index (κ1) is 22.9. The number of hydrogen-bond donors (Lipinski definition) is 1. The molecule has 31 heavy (non-hydrogen) atoms. The lowest BCUT2D eigenvalue weighted by Crippen LogP contribution is -2.34. The highest BCUT2D eigenvalue weighted by Gasteiger charge is 2.13. The highest BCUT2D eigenvalue weighted by Crippen LogP contribution is 2.25. The van der Waals surface area contributed by atoms with Crippen LogP contribution in [0, 0.1) is 0 Å². The van der Waals surface area contributed by atoms with E-state index >= 15 is 0 Å². The fourth-order valence-corrected chi connectivity index (χ4v) is 3.91. The van der Waals surface area contributed by atoms with Gasteiger partial charge in [-0.2, -0.15) is 0 Å². The summed E-state index contributed by atoms with van der Waals surface area (Å²) in [6.07, 6.45) is 1.84. The largest absolute Gasteiger partial charge is 0.411 e. The van der Waals surface area contributed by atoms with Crippen molar-refractivity contribution in [1.82, 2.24) is 15.5 Å². The van der Waals surface area contributed by atoms with Gasteiger partial charge in [0, 0.05) is 30.4 Å². The fraction of sp³-hybridized carbons (Fsp3) is 0.375. The topological polar surface area (TPSA) is 71.3 Å². The highest BCUT2D eigenvalue weighted by atomic mass is 32.2. The highest BCUT2D eigenvalue weighted by molar-refractivity contribution is 7.99. The summed E-state index contributed by atoms with van der Waals surface area (Å²) >= 11 is 1.26. The summed E-state index contributed by atoms with van der Waals surface area (Å²) < 4.78 is 5.73. The van der Waals surface area contributed by atoms with Crippen LogP contribution in [0.5, 0.6) is 0 Å². The number of nitrogens with zero attached hydrogens (tertiary/aromatic N) is 3. The molecule has 3 aromatic rings. The van der Waals surface area contributed by atoms with Crippen LogP contribution in [-0.2, 0) is 11.2 Å². The number of carbonyl (C=O) groups excluding carboxylic acids is 1. The second-order valence-corrected chi connectivity index (χ2v) is 8.30. The molecule has 0 radical (unpaired) electrons. The molecule has 1 atom stereocenters. The number of amides is 1. The van der Waals surface area contributed by atoms with Crippen molar-refractivity contribution in [3.63, 3.8) is 0 Å². The molecule has 1 amide bonds. The summed E-state index contributed by atoms with van der Waals surface area (Å²) in [7, 11) is 0. The summed E-state index contributed by atoms with van der Waals surface area (Å²) in [6.45, 7) is 8.23. The Hall–Kier alpha value is -2.80. The van der Waals surface area contributed by atoms with Gasteiger partial charge in [-0.25, -0.2) is 0 Å². The van der Waals surface area contributed by atoms with E-state index in [0.29, 0.717) is 11.1 Å². The monoisotopic (exact) mass is 438 g/mol. The van der Waals surface area contributed by atoms with Gasteiger partial charge in [0.25, 0.3) is 5.22 Å². The molecule has 7 heteroatoms. The van der Waals surface area contributed by atoms with Gasteiger partial charge in [-0.05, 0) is 63.4 Å². The van der Waals surface area contributed by atoms with E-state index in [0.717, 1.165) is 31.5 Å². The minimum Gasteiger partial charge on any atom is -0.411 e. The van der Waals surface area contributed by atoms with Gasteiger partial charge >= 0.3 is 0 Å². The first-order valence-corrected chi connectivity index (χ1v) is 11.7. The van der Waals surface area contributed by atoms with E-state index in [4.69, 9.17) is 4.42 Å². The van der Waals surface area contributed by atoms with Gasteiger partial charge in [-0.1, -0.05) is 42.1 Å². The molecule has 0 saturated carbocycles. The molecule has 0 bridgehead atoms. The number of thioether (sulfide) groups is 1. The first-order valence-electron chi connectivity index (χ1n) is 10.7. The zero-order valence-corrected chi connectivity index (χ0v) is 19.2. The van der Waals surface area contributed by atoms with Gasteiger partial charge in [-0.3, -0.25) is 4.79 Å². The molecule has 0 aliphatic rings. The average Bonchev–Trinajstić information content (AvgIpc) is 3.27. The molecular formula is C24H30N4O2S. The molecule has 0 aliphatic carbocycles. The van der Waals surface area contributed by atoms with Crippen LogP contribution in [0.15, 0.2) is 64.2 Å². The molecule has 1 heterocycles. The number of aryl methyl sites for hydroxylation is 1. The summed E-state index contributed by atoms with van der Waals surface area (Å²) in [6, 6.07) is 18.5. The zero-order valence-electron chi connectivity index (χ0n) is 18.4. The van der Waals surface area contributed by atoms with Crippen molar-refractivity contribution in [3.8, 4) is 11.5 Å². The molecule has 164 valence electrons. The third-order valence-electron chi connectivity index (χ3n) is 5.09. The Balaban J connectivity index is 1.45. The second kappa shape index (κ2) is 11.6. The molecule has 0 aliphatic heterocycles. The summed E-state index contributed by atoms with van der Waals surface area (Å²) in [4.78, 5) is 14.5. The molecule has 2 aromatic carbocycles.